The molecule has 2 amide bonds. The van der Waals surface area contributed by atoms with Gasteiger partial charge in [-0.05, 0) is 12.8 Å². The first-order valence-corrected chi connectivity index (χ1v) is 6.12. The van der Waals surface area contributed by atoms with Crippen LogP contribution in [0.4, 0.5) is 4.79 Å². The lowest BCUT2D eigenvalue weighted by Gasteiger charge is -2.34. The van der Waals surface area contributed by atoms with Crippen molar-refractivity contribution in [1.29, 1.82) is 0 Å². The van der Waals surface area contributed by atoms with Gasteiger partial charge in [-0.2, -0.15) is 0 Å². The van der Waals surface area contributed by atoms with Crippen molar-refractivity contribution in [2.24, 2.45) is 10.9 Å². The molecule has 0 bridgehead atoms. The average Bonchev–Trinajstić information content (AvgIpc) is 2.31. The van der Waals surface area contributed by atoms with Crippen LogP contribution in [0.25, 0.3) is 0 Å². The summed E-state index contributed by atoms with van der Waals surface area (Å²) in [6.07, 6.45) is 6.84. The van der Waals surface area contributed by atoms with E-state index in [1.54, 1.807) is 7.05 Å². The molecule has 17 heavy (non-hydrogen) atoms. The summed E-state index contributed by atoms with van der Waals surface area (Å²) in [5.41, 5.74) is 5.06. The van der Waals surface area contributed by atoms with E-state index in [-0.39, 0.29) is 11.9 Å². The minimum absolute atomic E-state index is 0.100. The van der Waals surface area contributed by atoms with E-state index in [1.807, 2.05) is 0 Å². The number of nitrogens with zero attached hydrogens (tertiary/aromatic N) is 1. The summed E-state index contributed by atoms with van der Waals surface area (Å²) in [4.78, 5) is 11.5. The number of rotatable bonds is 2. The van der Waals surface area contributed by atoms with Crippen LogP contribution in [0.2, 0.25) is 0 Å². The molecule has 0 aromatic heterocycles. The van der Waals surface area contributed by atoms with Crippen LogP contribution in [0.15, 0.2) is 5.16 Å². The molecule has 98 valence electrons. The Kier molecular flexibility index (Phi) is 5.06. The van der Waals surface area contributed by atoms with Crippen molar-refractivity contribution in [3.63, 3.8) is 0 Å². The van der Waals surface area contributed by atoms with Gasteiger partial charge in [0.1, 0.15) is 5.54 Å². The highest BCUT2D eigenvalue weighted by Crippen LogP contribution is 2.26. The van der Waals surface area contributed by atoms with Crippen molar-refractivity contribution < 1.29 is 10.0 Å². The van der Waals surface area contributed by atoms with Gasteiger partial charge in [0.15, 0.2) is 5.84 Å². The van der Waals surface area contributed by atoms with Crippen molar-refractivity contribution in [3.8, 4) is 0 Å². The van der Waals surface area contributed by atoms with Gasteiger partial charge < -0.3 is 21.6 Å². The molecule has 5 N–H and O–H groups in total. The highest BCUT2D eigenvalue weighted by molar-refractivity contribution is 5.93. The summed E-state index contributed by atoms with van der Waals surface area (Å²) in [5, 5.41) is 17.3. The summed E-state index contributed by atoms with van der Waals surface area (Å²) in [7, 11) is 1.55. The standard InChI is InChI=1S/C11H22N4O2/c1-13-10(16)14-11(9(12)15-17)7-5-3-2-4-6-8-11/h17H,2-8H2,1H3,(H2,12,15)(H2,13,14,16). The topological polar surface area (TPSA) is 99.7 Å². The number of hydrogen-bond donors (Lipinski definition) is 4. The van der Waals surface area contributed by atoms with Crippen LogP contribution in [0, 0.1) is 0 Å². The number of hydrogen-bond acceptors (Lipinski definition) is 3. The molecule has 0 spiro atoms. The molecular formula is C11H22N4O2. The summed E-state index contributed by atoms with van der Waals surface area (Å²) in [6.45, 7) is 0. The van der Waals surface area contributed by atoms with Gasteiger partial charge in [0.25, 0.3) is 0 Å². The molecule has 0 aliphatic heterocycles. The van der Waals surface area contributed by atoms with Gasteiger partial charge in [-0.3, -0.25) is 0 Å². The van der Waals surface area contributed by atoms with Gasteiger partial charge in [-0.25, -0.2) is 4.79 Å². The highest BCUT2D eigenvalue weighted by atomic mass is 16.4. The Labute approximate surface area is 102 Å². The molecule has 6 heteroatoms. The normalized spacial score (nSPS) is 21.1. The van der Waals surface area contributed by atoms with E-state index in [9.17, 15) is 4.79 Å². The maximum Gasteiger partial charge on any atom is 0.315 e. The summed E-state index contributed by atoms with van der Waals surface area (Å²) < 4.78 is 0. The molecule has 1 aliphatic carbocycles. The third kappa shape index (κ3) is 3.51. The number of carbonyl (C=O) groups excluding carboxylic acids is 1. The van der Waals surface area contributed by atoms with Crippen molar-refractivity contribution in [2.45, 2.75) is 50.5 Å². The zero-order valence-electron chi connectivity index (χ0n) is 10.3. The SMILES string of the molecule is CNC(=O)NC1(C(N)=NO)CCCCCCC1. The molecular weight excluding hydrogens is 220 g/mol. The Balaban J connectivity index is 2.85. The van der Waals surface area contributed by atoms with E-state index < -0.39 is 5.54 Å². The van der Waals surface area contributed by atoms with Crippen LogP contribution in [0.3, 0.4) is 0 Å². The largest absolute Gasteiger partial charge is 0.409 e. The molecule has 1 aliphatic rings. The van der Waals surface area contributed by atoms with E-state index in [1.165, 1.54) is 6.42 Å². The van der Waals surface area contributed by atoms with Gasteiger partial charge in [0, 0.05) is 7.05 Å². The molecule has 0 unspecified atom stereocenters. The fraction of sp³-hybridized carbons (Fsp3) is 0.818. The average molecular weight is 242 g/mol. The van der Waals surface area contributed by atoms with Crippen LogP contribution < -0.4 is 16.4 Å². The molecule has 1 saturated carbocycles. The first kappa shape index (κ1) is 13.6. The Morgan fingerprint density at radius 2 is 1.76 bits per heavy atom. The quantitative estimate of drug-likeness (QED) is 0.253. The molecule has 0 atom stereocenters. The number of carbonyl (C=O) groups is 1. The first-order valence-electron chi connectivity index (χ1n) is 6.12. The second-order valence-corrected chi connectivity index (χ2v) is 4.54. The van der Waals surface area contributed by atoms with Crippen molar-refractivity contribution in [3.05, 3.63) is 0 Å². The third-order valence-corrected chi connectivity index (χ3v) is 3.39. The van der Waals surface area contributed by atoms with E-state index in [4.69, 9.17) is 10.9 Å². The second-order valence-electron chi connectivity index (χ2n) is 4.54. The number of amides is 2. The molecule has 0 saturated heterocycles. The first-order chi connectivity index (χ1) is 8.14. The molecule has 0 aromatic rings. The van der Waals surface area contributed by atoms with Gasteiger partial charge in [0.05, 0.1) is 0 Å². The Morgan fingerprint density at radius 3 is 2.24 bits per heavy atom. The maximum atomic E-state index is 11.5. The minimum Gasteiger partial charge on any atom is -0.409 e. The third-order valence-electron chi connectivity index (χ3n) is 3.39. The highest BCUT2D eigenvalue weighted by Gasteiger charge is 2.36. The number of oxime groups is 1. The van der Waals surface area contributed by atoms with E-state index >= 15 is 0 Å². The summed E-state index contributed by atoms with van der Waals surface area (Å²) in [5.74, 6) is 0.100. The van der Waals surface area contributed by atoms with Crippen LogP contribution in [0.1, 0.15) is 44.9 Å². The Bertz CT molecular complexity index is 283. The molecule has 1 fully saturated rings. The fourth-order valence-corrected chi connectivity index (χ4v) is 2.33. The number of amidine groups is 1. The van der Waals surface area contributed by atoms with Crippen molar-refractivity contribution in [2.75, 3.05) is 7.05 Å². The van der Waals surface area contributed by atoms with E-state index in [0.29, 0.717) is 0 Å². The molecule has 6 nitrogen and oxygen atoms in total. The molecule has 0 heterocycles. The summed E-state index contributed by atoms with van der Waals surface area (Å²) >= 11 is 0. The second kappa shape index (κ2) is 6.32. The maximum absolute atomic E-state index is 11.5. The molecule has 0 radical (unpaired) electrons. The van der Waals surface area contributed by atoms with Crippen molar-refractivity contribution >= 4 is 11.9 Å². The zero-order chi connectivity index (χ0) is 12.7. The lowest BCUT2D eigenvalue weighted by Crippen LogP contribution is -2.59. The van der Waals surface area contributed by atoms with Crippen molar-refractivity contribution in [1.82, 2.24) is 10.6 Å². The number of urea groups is 1. The number of nitrogens with one attached hydrogen (secondary N) is 2. The van der Waals surface area contributed by atoms with Gasteiger partial charge in [-0.1, -0.05) is 37.3 Å². The van der Waals surface area contributed by atoms with Crippen LogP contribution in [-0.4, -0.2) is 29.7 Å². The predicted octanol–water partition coefficient (Wildman–Crippen LogP) is 1.14. The van der Waals surface area contributed by atoms with Gasteiger partial charge in [-0.15, -0.1) is 0 Å². The smallest absolute Gasteiger partial charge is 0.315 e. The Hall–Kier alpha value is -1.46. The lowest BCUT2D eigenvalue weighted by molar-refractivity contribution is 0.227. The number of nitrogens with two attached hydrogens (primary N) is 1. The summed E-state index contributed by atoms with van der Waals surface area (Å²) in [6, 6.07) is -0.294. The zero-order valence-corrected chi connectivity index (χ0v) is 10.3. The van der Waals surface area contributed by atoms with E-state index in [2.05, 4.69) is 15.8 Å². The van der Waals surface area contributed by atoms with Gasteiger partial charge >= 0.3 is 6.03 Å². The monoisotopic (exact) mass is 242 g/mol. The molecule has 1 rings (SSSR count). The van der Waals surface area contributed by atoms with Crippen LogP contribution >= 0.6 is 0 Å². The minimum atomic E-state index is -0.699. The fourth-order valence-electron chi connectivity index (χ4n) is 2.33. The predicted molar refractivity (Wildman–Crippen MR) is 66.1 cm³/mol. The van der Waals surface area contributed by atoms with Crippen LogP contribution in [-0.2, 0) is 0 Å². The lowest BCUT2D eigenvalue weighted by atomic mass is 9.83. The van der Waals surface area contributed by atoms with Gasteiger partial charge in [0.2, 0.25) is 0 Å². The van der Waals surface area contributed by atoms with Crippen LogP contribution in [0.5, 0.6) is 0 Å². The molecule has 0 aromatic carbocycles. The van der Waals surface area contributed by atoms with E-state index in [0.717, 1.165) is 38.5 Å². The Morgan fingerprint density at radius 1 is 1.24 bits per heavy atom.